The highest BCUT2D eigenvalue weighted by Crippen LogP contribution is 2.32. The Kier molecular flexibility index (Phi) is 3.03. The molecule has 1 N–H and O–H groups in total. The highest BCUT2D eigenvalue weighted by molar-refractivity contribution is 7.10. The molecule has 0 atom stereocenters. The molecule has 0 bridgehead atoms. The first-order valence-electron chi connectivity index (χ1n) is 6.30. The zero-order valence-electron chi connectivity index (χ0n) is 10.7. The average Bonchev–Trinajstić information content (AvgIpc) is 2.85. The number of rotatable bonds is 2. The van der Waals surface area contributed by atoms with Crippen LogP contribution in [0.2, 0.25) is 0 Å². The minimum absolute atomic E-state index is 0.402. The molecule has 0 radical (unpaired) electrons. The number of benzene rings is 1. The van der Waals surface area contributed by atoms with Gasteiger partial charge in [0.05, 0.1) is 11.3 Å². The van der Waals surface area contributed by atoms with Crippen molar-refractivity contribution in [2.75, 3.05) is 11.4 Å². The summed E-state index contributed by atoms with van der Waals surface area (Å²) in [5.41, 5.74) is 3.62. The largest absolute Gasteiger partial charge is 0.478 e. The van der Waals surface area contributed by atoms with Crippen LogP contribution in [0, 0.1) is 6.92 Å². The minimum Gasteiger partial charge on any atom is -0.478 e. The van der Waals surface area contributed by atoms with Gasteiger partial charge in [0, 0.05) is 18.0 Å². The Morgan fingerprint density at radius 3 is 3.00 bits per heavy atom. The number of carbonyl (C=O) groups is 1. The van der Waals surface area contributed by atoms with E-state index in [0.29, 0.717) is 5.56 Å². The summed E-state index contributed by atoms with van der Waals surface area (Å²) in [6.45, 7) is 3.67. The Balaban J connectivity index is 2.02. The van der Waals surface area contributed by atoms with Gasteiger partial charge >= 0.3 is 5.97 Å². The molecule has 2 aromatic rings. The van der Waals surface area contributed by atoms with Crippen LogP contribution in [0.3, 0.4) is 0 Å². The second kappa shape index (κ2) is 4.70. The third kappa shape index (κ3) is 2.12. The van der Waals surface area contributed by atoms with Gasteiger partial charge in [-0.3, -0.25) is 0 Å². The van der Waals surface area contributed by atoms with E-state index >= 15 is 0 Å². The van der Waals surface area contributed by atoms with Crippen molar-refractivity contribution in [2.45, 2.75) is 19.9 Å². The summed E-state index contributed by atoms with van der Waals surface area (Å²) < 4.78 is 0. The molecule has 3 rings (SSSR count). The number of carboxylic acids is 1. The van der Waals surface area contributed by atoms with E-state index in [1.807, 2.05) is 19.1 Å². The van der Waals surface area contributed by atoms with Crippen molar-refractivity contribution in [3.8, 4) is 0 Å². The molecule has 3 nitrogen and oxygen atoms in total. The monoisotopic (exact) mass is 273 g/mol. The van der Waals surface area contributed by atoms with Gasteiger partial charge in [0.25, 0.3) is 0 Å². The maximum atomic E-state index is 11.4. The van der Waals surface area contributed by atoms with E-state index in [9.17, 15) is 9.90 Å². The van der Waals surface area contributed by atoms with E-state index < -0.39 is 5.97 Å². The van der Waals surface area contributed by atoms with Crippen molar-refractivity contribution >= 4 is 23.0 Å². The third-order valence-corrected chi connectivity index (χ3v) is 4.62. The van der Waals surface area contributed by atoms with E-state index in [1.54, 1.807) is 17.4 Å². The fourth-order valence-corrected chi connectivity index (χ4v) is 3.58. The van der Waals surface area contributed by atoms with E-state index in [4.69, 9.17) is 0 Å². The number of hydrogen-bond donors (Lipinski definition) is 1. The predicted molar refractivity (Wildman–Crippen MR) is 77.2 cm³/mol. The Morgan fingerprint density at radius 2 is 2.21 bits per heavy atom. The first kappa shape index (κ1) is 12.2. The predicted octanol–water partition coefficient (Wildman–Crippen LogP) is 3.32. The molecule has 4 heteroatoms. The highest BCUT2D eigenvalue weighted by atomic mass is 32.1. The lowest BCUT2D eigenvalue weighted by atomic mass is 10.0. The molecule has 0 saturated heterocycles. The molecule has 19 heavy (non-hydrogen) atoms. The number of fused-ring (bicyclic) bond motifs is 1. The number of hydrogen-bond acceptors (Lipinski definition) is 3. The zero-order valence-corrected chi connectivity index (χ0v) is 11.5. The van der Waals surface area contributed by atoms with Gasteiger partial charge in [0.15, 0.2) is 0 Å². The second-order valence-corrected chi connectivity index (χ2v) is 5.82. The number of para-hydroxylation sites is 1. The van der Waals surface area contributed by atoms with Crippen LogP contribution in [-0.4, -0.2) is 17.6 Å². The Hall–Kier alpha value is -1.81. The van der Waals surface area contributed by atoms with Crippen LogP contribution in [0.25, 0.3) is 0 Å². The molecular weight excluding hydrogens is 258 g/mol. The van der Waals surface area contributed by atoms with Crippen LogP contribution in [0.5, 0.6) is 0 Å². The standard InChI is InChI=1S/C15H15NO2S/c1-10-3-2-4-12(15(17)18)14(10)16-7-5-13-11(9-16)6-8-19-13/h2-4,6,8H,5,7,9H2,1H3,(H,17,18). The number of nitrogens with zero attached hydrogens (tertiary/aromatic N) is 1. The lowest BCUT2D eigenvalue weighted by molar-refractivity contribution is 0.0697. The van der Waals surface area contributed by atoms with Crippen molar-refractivity contribution in [3.63, 3.8) is 0 Å². The fourth-order valence-electron chi connectivity index (χ4n) is 2.69. The van der Waals surface area contributed by atoms with Gasteiger partial charge in [-0.2, -0.15) is 0 Å². The van der Waals surface area contributed by atoms with Gasteiger partial charge in [-0.15, -0.1) is 11.3 Å². The Labute approximate surface area is 116 Å². The summed E-state index contributed by atoms with van der Waals surface area (Å²) in [5, 5.41) is 11.5. The van der Waals surface area contributed by atoms with E-state index in [0.717, 1.165) is 30.8 Å². The number of anilines is 1. The quantitative estimate of drug-likeness (QED) is 0.912. The molecule has 0 unspecified atom stereocenters. The molecule has 2 heterocycles. The van der Waals surface area contributed by atoms with Gasteiger partial charge < -0.3 is 10.0 Å². The highest BCUT2D eigenvalue weighted by Gasteiger charge is 2.22. The molecular formula is C15H15NO2S. The van der Waals surface area contributed by atoms with Crippen molar-refractivity contribution in [2.24, 2.45) is 0 Å². The van der Waals surface area contributed by atoms with Gasteiger partial charge in [0.2, 0.25) is 0 Å². The number of aryl methyl sites for hydroxylation is 1. The van der Waals surface area contributed by atoms with E-state index in [-0.39, 0.29) is 0 Å². The molecule has 0 aliphatic carbocycles. The first-order valence-corrected chi connectivity index (χ1v) is 7.18. The van der Waals surface area contributed by atoms with E-state index in [1.165, 1.54) is 10.4 Å². The number of aromatic carboxylic acids is 1. The van der Waals surface area contributed by atoms with Crippen molar-refractivity contribution < 1.29 is 9.90 Å². The fraction of sp³-hybridized carbons (Fsp3) is 0.267. The average molecular weight is 273 g/mol. The lowest BCUT2D eigenvalue weighted by Gasteiger charge is -2.31. The second-order valence-electron chi connectivity index (χ2n) is 4.82. The van der Waals surface area contributed by atoms with Crippen molar-refractivity contribution in [3.05, 3.63) is 51.2 Å². The molecule has 0 fully saturated rings. The van der Waals surface area contributed by atoms with Crippen LogP contribution >= 0.6 is 11.3 Å². The van der Waals surface area contributed by atoms with Gasteiger partial charge in [-0.05, 0) is 42.0 Å². The van der Waals surface area contributed by atoms with E-state index in [2.05, 4.69) is 16.3 Å². The zero-order chi connectivity index (χ0) is 13.4. The summed E-state index contributed by atoms with van der Waals surface area (Å²) >= 11 is 1.79. The molecule has 0 spiro atoms. The first-order chi connectivity index (χ1) is 9.16. The summed E-state index contributed by atoms with van der Waals surface area (Å²) in [6.07, 6.45) is 1.00. The summed E-state index contributed by atoms with van der Waals surface area (Å²) in [4.78, 5) is 15.0. The Morgan fingerprint density at radius 1 is 1.37 bits per heavy atom. The molecule has 98 valence electrons. The molecule has 1 aliphatic heterocycles. The van der Waals surface area contributed by atoms with Crippen LogP contribution in [0.1, 0.15) is 26.4 Å². The van der Waals surface area contributed by atoms with Crippen LogP contribution in [0.15, 0.2) is 29.6 Å². The number of carboxylic acid groups (broad SMARTS) is 1. The SMILES string of the molecule is Cc1cccc(C(=O)O)c1N1CCc2sccc2C1. The Bertz CT molecular complexity index is 633. The molecule has 1 aromatic heterocycles. The summed E-state index contributed by atoms with van der Waals surface area (Å²) in [6, 6.07) is 7.62. The van der Waals surface area contributed by atoms with Crippen LogP contribution in [-0.2, 0) is 13.0 Å². The smallest absolute Gasteiger partial charge is 0.337 e. The third-order valence-electron chi connectivity index (χ3n) is 3.59. The van der Waals surface area contributed by atoms with Gasteiger partial charge in [-0.25, -0.2) is 4.79 Å². The lowest BCUT2D eigenvalue weighted by Crippen LogP contribution is -2.31. The molecule has 1 aromatic carbocycles. The van der Waals surface area contributed by atoms with Crippen LogP contribution < -0.4 is 4.90 Å². The van der Waals surface area contributed by atoms with Gasteiger partial charge in [0.1, 0.15) is 0 Å². The van der Waals surface area contributed by atoms with Crippen LogP contribution in [0.4, 0.5) is 5.69 Å². The molecule has 0 saturated carbocycles. The normalized spacial score (nSPS) is 14.3. The minimum atomic E-state index is -0.852. The van der Waals surface area contributed by atoms with Gasteiger partial charge in [-0.1, -0.05) is 12.1 Å². The topological polar surface area (TPSA) is 40.5 Å². The van der Waals surface area contributed by atoms with Crippen molar-refractivity contribution in [1.29, 1.82) is 0 Å². The maximum absolute atomic E-state index is 11.4. The summed E-state index contributed by atoms with van der Waals surface area (Å²) in [7, 11) is 0. The van der Waals surface area contributed by atoms with Crippen molar-refractivity contribution in [1.82, 2.24) is 0 Å². The maximum Gasteiger partial charge on any atom is 0.337 e. The molecule has 1 aliphatic rings. The summed E-state index contributed by atoms with van der Waals surface area (Å²) in [5.74, 6) is -0.852. The molecule has 0 amide bonds. The number of thiophene rings is 1.